The maximum absolute atomic E-state index is 12.7. The summed E-state index contributed by atoms with van der Waals surface area (Å²) in [7, 11) is 0. The topological polar surface area (TPSA) is 62.7 Å². The number of unbranched alkanes of at least 4 members (excludes halogenated alkanes) is 1. The van der Waals surface area contributed by atoms with Crippen molar-refractivity contribution in [2.45, 2.75) is 31.6 Å². The van der Waals surface area contributed by atoms with Gasteiger partial charge in [-0.25, -0.2) is 0 Å². The molecule has 6 heteroatoms. The fourth-order valence-electron chi connectivity index (χ4n) is 4.15. The summed E-state index contributed by atoms with van der Waals surface area (Å²) in [4.78, 5) is 33.4. The normalized spacial score (nSPS) is 18.3. The van der Waals surface area contributed by atoms with E-state index in [1.807, 2.05) is 18.3 Å². The van der Waals surface area contributed by atoms with Crippen LogP contribution in [0.15, 0.2) is 48.7 Å². The van der Waals surface area contributed by atoms with Gasteiger partial charge in [0.25, 0.3) is 11.8 Å². The lowest BCUT2D eigenvalue weighted by molar-refractivity contribution is -0.130. The highest BCUT2D eigenvalue weighted by atomic mass is 16.5. The van der Waals surface area contributed by atoms with E-state index < -0.39 is 0 Å². The SMILES string of the molecule is O=C1COc2ccccc2C(=O)N1CCCCN1CCC(c2ccccn2)CC1. The summed E-state index contributed by atoms with van der Waals surface area (Å²) in [5.41, 5.74) is 1.67. The van der Waals surface area contributed by atoms with E-state index >= 15 is 0 Å². The Kier molecular flexibility index (Phi) is 6.20. The van der Waals surface area contributed by atoms with Crippen LogP contribution in [0.3, 0.4) is 0 Å². The molecular formula is C23H27N3O3. The molecule has 1 fully saturated rings. The van der Waals surface area contributed by atoms with Crippen LogP contribution in [0.2, 0.25) is 0 Å². The Morgan fingerprint density at radius 2 is 1.72 bits per heavy atom. The first-order valence-electron chi connectivity index (χ1n) is 10.4. The Labute approximate surface area is 171 Å². The molecule has 2 aliphatic heterocycles. The van der Waals surface area contributed by atoms with Crippen molar-refractivity contribution in [3.05, 3.63) is 59.9 Å². The van der Waals surface area contributed by atoms with Crippen LogP contribution in [0, 0.1) is 0 Å². The molecule has 3 heterocycles. The van der Waals surface area contributed by atoms with Crippen LogP contribution in [-0.4, -0.2) is 59.4 Å². The Balaban J connectivity index is 1.23. The molecule has 0 atom stereocenters. The van der Waals surface area contributed by atoms with E-state index in [9.17, 15) is 9.59 Å². The fourth-order valence-corrected chi connectivity index (χ4v) is 4.15. The van der Waals surface area contributed by atoms with Gasteiger partial charge in [0.05, 0.1) is 5.56 Å². The van der Waals surface area contributed by atoms with Gasteiger partial charge in [-0.15, -0.1) is 0 Å². The van der Waals surface area contributed by atoms with E-state index in [1.54, 1.807) is 18.2 Å². The van der Waals surface area contributed by atoms with Gasteiger partial charge in [0, 0.05) is 24.4 Å². The average molecular weight is 393 g/mol. The van der Waals surface area contributed by atoms with Gasteiger partial charge in [0.2, 0.25) is 0 Å². The van der Waals surface area contributed by atoms with E-state index in [1.165, 1.54) is 10.6 Å². The summed E-state index contributed by atoms with van der Waals surface area (Å²) in [6.45, 7) is 3.51. The van der Waals surface area contributed by atoms with Crippen LogP contribution < -0.4 is 4.74 Å². The molecule has 1 saturated heterocycles. The second-order valence-corrected chi connectivity index (χ2v) is 7.71. The molecule has 2 amide bonds. The number of ether oxygens (including phenoxy) is 1. The fraction of sp³-hybridized carbons (Fsp3) is 0.435. The van der Waals surface area contributed by atoms with Gasteiger partial charge in [0.1, 0.15) is 5.75 Å². The molecule has 2 aromatic rings. The maximum Gasteiger partial charge on any atom is 0.267 e. The van der Waals surface area contributed by atoms with Gasteiger partial charge in [-0.3, -0.25) is 19.5 Å². The monoisotopic (exact) mass is 393 g/mol. The number of imide groups is 1. The highest BCUT2D eigenvalue weighted by molar-refractivity contribution is 6.07. The molecule has 4 rings (SSSR count). The van der Waals surface area contributed by atoms with Gasteiger partial charge in [-0.05, 0) is 69.6 Å². The molecule has 0 unspecified atom stereocenters. The molecule has 0 bridgehead atoms. The number of aromatic nitrogens is 1. The Morgan fingerprint density at radius 1 is 0.966 bits per heavy atom. The van der Waals surface area contributed by atoms with Crippen LogP contribution >= 0.6 is 0 Å². The van der Waals surface area contributed by atoms with Crippen LogP contribution in [0.4, 0.5) is 0 Å². The number of carbonyl (C=O) groups is 2. The van der Waals surface area contributed by atoms with Gasteiger partial charge >= 0.3 is 0 Å². The molecule has 0 saturated carbocycles. The minimum Gasteiger partial charge on any atom is -0.483 e. The smallest absolute Gasteiger partial charge is 0.267 e. The summed E-state index contributed by atoms with van der Waals surface area (Å²) in [5, 5.41) is 0. The van der Waals surface area contributed by atoms with Gasteiger partial charge in [0.15, 0.2) is 6.61 Å². The van der Waals surface area contributed by atoms with E-state index in [-0.39, 0.29) is 18.4 Å². The molecule has 6 nitrogen and oxygen atoms in total. The zero-order chi connectivity index (χ0) is 20.1. The molecular weight excluding hydrogens is 366 g/mol. The van der Waals surface area contributed by atoms with Gasteiger partial charge in [-0.2, -0.15) is 0 Å². The molecule has 1 aromatic heterocycles. The minimum atomic E-state index is -0.262. The van der Waals surface area contributed by atoms with Gasteiger partial charge in [-0.1, -0.05) is 18.2 Å². The number of hydrogen-bond donors (Lipinski definition) is 0. The molecule has 1 aromatic carbocycles. The van der Waals surface area contributed by atoms with Gasteiger partial charge < -0.3 is 9.64 Å². The Hall–Kier alpha value is -2.73. The highest BCUT2D eigenvalue weighted by Gasteiger charge is 2.29. The zero-order valence-electron chi connectivity index (χ0n) is 16.6. The standard InChI is InChI=1S/C23H27N3O3/c27-22-17-29-21-9-2-1-7-19(21)23(28)26(22)14-6-5-13-25-15-10-18(11-16-25)20-8-3-4-12-24-20/h1-4,7-9,12,18H,5-6,10-11,13-17H2. The number of hydrogen-bond acceptors (Lipinski definition) is 5. The lowest BCUT2D eigenvalue weighted by Gasteiger charge is -2.31. The number of likely N-dealkylation sites (tertiary alicyclic amines) is 1. The number of para-hydroxylation sites is 1. The van der Waals surface area contributed by atoms with Crippen molar-refractivity contribution >= 4 is 11.8 Å². The first-order valence-corrected chi connectivity index (χ1v) is 10.4. The quantitative estimate of drug-likeness (QED) is 0.557. The average Bonchev–Trinajstić information content (AvgIpc) is 2.89. The third-order valence-electron chi connectivity index (χ3n) is 5.81. The molecule has 29 heavy (non-hydrogen) atoms. The third-order valence-corrected chi connectivity index (χ3v) is 5.81. The molecule has 0 radical (unpaired) electrons. The summed E-state index contributed by atoms with van der Waals surface area (Å²) in [6, 6.07) is 13.2. The van der Waals surface area contributed by atoms with Crippen molar-refractivity contribution in [1.82, 2.24) is 14.8 Å². The predicted octanol–water partition coefficient (Wildman–Crippen LogP) is 3.10. The third kappa shape index (κ3) is 4.65. The van der Waals surface area contributed by atoms with Crippen LogP contribution in [0.5, 0.6) is 5.75 Å². The summed E-state index contributed by atoms with van der Waals surface area (Å²) in [6.07, 6.45) is 5.91. The molecule has 0 aliphatic carbocycles. The summed E-state index contributed by atoms with van der Waals surface area (Å²) >= 11 is 0. The lowest BCUT2D eigenvalue weighted by atomic mass is 9.93. The first kappa shape index (κ1) is 19.6. The van der Waals surface area contributed by atoms with Crippen molar-refractivity contribution in [1.29, 1.82) is 0 Å². The number of piperidine rings is 1. The number of benzene rings is 1. The Morgan fingerprint density at radius 3 is 2.52 bits per heavy atom. The van der Waals surface area contributed by atoms with E-state index in [2.05, 4.69) is 22.0 Å². The second kappa shape index (κ2) is 9.18. The number of nitrogens with zero attached hydrogens (tertiary/aromatic N) is 3. The van der Waals surface area contributed by atoms with E-state index in [4.69, 9.17) is 4.74 Å². The summed E-state index contributed by atoms with van der Waals surface area (Å²) < 4.78 is 5.48. The number of pyridine rings is 1. The minimum absolute atomic E-state index is 0.0796. The van der Waals surface area contributed by atoms with Crippen LogP contribution in [0.1, 0.15) is 47.7 Å². The van der Waals surface area contributed by atoms with Crippen molar-refractivity contribution in [2.24, 2.45) is 0 Å². The summed E-state index contributed by atoms with van der Waals surface area (Å²) in [5.74, 6) is 0.533. The largest absolute Gasteiger partial charge is 0.483 e. The second-order valence-electron chi connectivity index (χ2n) is 7.71. The number of fused-ring (bicyclic) bond motifs is 1. The highest BCUT2D eigenvalue weighted by Crippen LogP contribution is 2.26. The Bertz CT molecular complexity index is 847. The first-order chi connectivity index (χ1) is 14.2. The number of carbonyl (C=O) groups excluding carboxylic acids is 2. The van der Waals surface area contributed by atoms with Crippen molar-refractivity contribution in [2.75, 3.05) is 32.8 Å². The van der Waals surface area contributed by atoms with Crippen molar-refractivity contribution < 1.29 is 14.3 Å². The predicted molar refractivity (Wildman–Crippen MR) is 110 cm³/mol. The van der Waals surface area contributed by atoms with E-state index in [0.29, 0.717) is 23.8 Å². The van der Waals surface area contributed by atoms with Crippen molar-refractivity contribution in [3.8, 4) is 5.75 Å². The molecule has 0 spiro atoms. The zero-order valence-corrected chi connectivity index (χ0v) is 16.6. The maximum atomic E-state index is 12.7. The number of rotatable bonds is 6. The molecule has 0 N–H and O–H groups in total. The van der Waals surface area contributed by atoms with E-state index in [0.717, 1.165) is 45.3 Å². The van der Waals surface area contributed by atoms with Crippen LogP contribution in [-0.2, 0) is 4.79 Å². The lowest BCUT2D eigenvalue weighted by Crippen LogP contribution is -2.39. The van der Waals surface area contributed by atoms with Crippen molar-refractivity contribution in [3.63, 3.8) is 0 Å². The molecule has 2 aliphatic rings. The van der Waals surface area contributed by atoms with Crippen LogP contribution in [0.25, 0.3) is 0 Å². The molecule has 152 valence electrons. The number of amides is 2.